The van der Waals surface area contributed by atoms with Crippen LogP contribution in [0, 0.1) is 5.82 Å². The van der Waals surface area contributed by atoms with Crippen LogP contribution in [0.25, 0.3) is 6.08 Å². The third-order valence-corrected chi connectivity index (χ3v) is 5.12. The minimum Gasteiger partial charge on any atom is -0.339 e. The minimum absolute atomic E-state index is 0.00998. The first-order valence-corrected chi connectivity index (χ1v) is 9.65. The highest BCUT2D eigenvalue weighted by Crippen LogP contribution is 2.23. The van der Waals surface area contributed by atoms with Gasteiger partial charge in [-0.05, 0) is 60.9 Å². The average Bonchev–Trinajstić information content (AvgIpc) is 2.72. The van der Waals surface area contributed by atoms with Crippen LogP contribution in [-0.4, -0.2) is 29.8 Å². The zero-order valence-electron chi connectivity index (χ0n) is 16.0. The summed E-state index contributed by atoms with van der Waals surface area (Å²) in [5.41, 5.74) is 1.83. The van der Waals surface area contributed by atoms with E-state index in [-0.39, 0.29) is 17.6 Å². The fourth-order valence-corrected chi connectivity index (χ4v) is 3.50. The van der Waals surface area contributed by atoms with Gasteiger partial charge >= 0.3 is 0 Å². The summed E-state index contributed by atoms with van der Waals surface area (Å²) >= 11 is 0. The molecule has 0 heterocycles. The lowest BCUT2D eigenvalue weighted by molar-refractivity contribution is -0.111. The van der Waals surface area contributed by atoms with Crippen LogP contribution >= 0.6 is 0 Å². The molecule has 1 fully saturated rings. The standard InChI is InChI=1S/C23H25FN2O2/c1-26(21-8-3-2-4-9-21)23(28)18-11-13-20(14-12-18)25-22(27)15-10-17-6-5-7-19(24)16-17/h5-7,10-16,21H,2-4,8-9H2,1H3,(H,25,27). The topological polar surface area (TPSA) is 49.4 Å². The molecule has 2 aromatic carbocycles. The Morgan fingerprint density at radius 2 is 1.79 bits per heavy atom. The van der Waals surface area contributed by atoms with Gasteiger partial charge in [-0.15, -0.1) is 0 Å². The van der Waals surface area contributed by atoms with E-state index in [4.69, 9.17) is 0 Å². The number of carbonyl (C=O) groups excluding carboxylic acids is 2. The van der Waals surface area contributed by atoms with Crippen molar-refractivity contribution in [2.75, 3.05) is 12.4 Å². The SMILES string of the molecule is CN(C(=O)c1ccc(NC(=O)C=Cc2cccc(F)c2)cc1)C1CCCCC1. The van der Waals surface area contributed by atoms with Gasteiger partial charge < -0.3 is 10.2 Å². The van der Waals surface area contributed by atoms with Gasteiger partial charge in [-0.25, -0.2) is 4.39 Å². The second-order valence-electron chi connectivity index (χ2n) is 7.16. The second-order valence-corrected chi connectivity index (χ2v) is 7.16. The number of amides is 2. The van der Waals surface area contributed by atoms with E-state index in [1.165, 1.54) is 37.5 Å². The van der Waals surface area contributed by atoms with Crippen LogP contribution < -0.4 is 5.32 Å². The maximum atomic E-state index is 13.2. The molecule has 4 nitrogen and oxygen atoms in total. The summed E-state index contributed by atoms with van der Waals surface area (Å²) in [7, 11) is 1.87. The Morgan fingerprint density at radius 1 is 1.07 bits per heavy atom. The van der Waals surface area contributed by atoms with E-state index in [9.17, 15) is 14.0 Å². The summed E-state index contributed by atoms with van der Waals surface area (Å²) in [6.45, 7) is 0. The Kier molecular flexibility index (Phi) is 6.58. The van der Waals surface area contributed by atoms with Gasteiger partial charge in [-0.1, -0.05) is 31.4 Å². The van der Waals surface area contributed by atoms with E-state index in [1.54, 1.807) is 42.5 Å². The number of hydrogen-bond acceptors (Lipinski definition) is 2. The molecule has 1 saturated carbocycles. The Bertz CT molecular complexity index is 855. The zero-order valence-corrected chi connectivity index (χ0v) is 16.0. The number of nitrogens with zero attached hydrogens (tertiary/aromatic N) is 1. The average molecular weight is 380 g/mol. The first-order valence-electron chi connectivity index (χ1n) is 9.65. The Labute approximate surface area is 165 Å². The molecular formula is C23H25FN2O2. The summed E-state index contributed by atoms with van der Waals surface area (Å²) in [6, 6.07) is 13.2. The molecule has 0 saturated heterocycles. The third-order valence-electron chi connectivity index (χ3n) is 5.12. The number of rotatable bonds is 5. The molecule has 5 heteroatoms. The molecule has 0 radical (unpaired) electrons. The van der Waals surface area contributed by atoms with Crippen molar-refractivity contribution in [3.8, 4) is 0 Å². The lowest BCUT2D eigenvalue weighted by Crippen LogP contribution is -2.38. The van der Waals surface area contributed by atoms with Crippen molar-refractivity contribution in [3.05, 3.63) is 71.6 Å². The van der Waals surface area contributed by atoms with Gasteiger partial charge in [0, 0.05) is 30.4 Å². The quantitative estimate of drug-likeness (QED) is 0.752. The summed E-state index contributed by atoms with van der Waals surface area (Å²) in [4.78, 5) is 26.5. The van der Waals surface area contributed by atoms with Gasteiger partial charge in [0.15, 0.2) is 0 Å². The Hall–Kier alpha value is -2.95. The second kappa shape index (κ2) is 9.31. The lowest BCUT2D eigenvalue weighted by atomic mass is 9.94. The number of benzene rings is 2. The predicted octanol–water partition coefficient (Wildman–Crippen LogP) is 4.88. The highest BCUT2D eigenvalue weighted by Gasteiger charge is 2.22. The van der Waals surface area contributed by atoms with E-state index < -0.39 is 0 Å². The summed E-state index contributed by atoms with van der Waals surface area (Å²) in [6.07, 6.45) is 8.63. The van der Waals surface area contributed by atoms with Gasteiger partial charge in [0.05, 0.1) is 0 Å². The molecule has 0 spiro atoms. The van der Waals surface area contributed by atoms with Gasteiger partial charge in [-0.3, -0.25) is 9.59 Å². The molecule has 1 aliphatic rings. The van der Waals surface area contributed by atoms with Crippen molar-refractivity contribution >= 4 is 23.6 Å². The van der Waals surface area contributed by atoms with Crippen LogP contribution in [0.2, 0.25) is 0 Å². The highest BCUT2D eigenvalue weighted by molar-refractivity contribution is 6.02. The van der Waals surface area contributed by atoms with Crippen molar-refractivity contribution < 1.29 is 14.0 Å². The minimum atomic E-state index is -0.346. The monoisotopic (exact) mass is 380 g/mol. The molecule has 0 bridgehead atoms. The highest BCUT2D eigenvalue weighted by atomic mass is 19.1. The Morgan fingerprint density at radius 3 is 2.46 bits per heavy atom. The molecule has 0 atom stereocenters. The first-order chi connectivity index (χ1) is 13.5. The van der Waals surface area contributed by atoms with E-state index >= 15 is 0 Å². The number of nitrogens with one attached hydrogen (secondary N) is 1. The maximum absolute atomic E-state index is 13.2. The van der Waals surface area contributed by atoms with E-state index in [1.807, 2.05) is 11.9 Å². The van der Waals surface area contributed by atoms with Gasteiger partial charge in [0.2, 0.25) is 5.91 Å². The van der Waals surface area contributed by atoms with Crippen molar-refractivity contribution in [2.24, 2.45) is 0 Å². The molecule has 0 aliphatic heterocycles. The Balaban J connectivity index is 1.57. The van der Waals surface area contributed by atoms with Crippen LogP contribution in [0.4, 0.5) is 10.1 Å². The molecule has 2 aromatic rings. The smallest absolute Gasteiger partial charge is 0.253 e. The molecule has 0 unspecified atom stereocenters. The van der Waals surface area contributed by atoms with Crippen LogP contribution in [-0.2, 0) is 4.79 Å². The van der Waals surface area contributed by atoms with Crippen molar-refractivity contribution in [2.45, 2.75) is 38.1 Å². The zero-order chi connectivity index (χ0) is 19.9. The molecule has 0 aromatic heterocycles. The van der Waals surface area contributed by atoms with Crippen molar-refractivity contribution in [1.29, 1.82) is 0 Å². The van der Waals surface area contributed by atoms with Gasteiger partial charge in [0.25, 0.3) is 5.91 Å². The van der Waals surface area contributed by atoms with Crippen LogP contribution in [0.15, 0.2) is 54.6 Å². The number of anilines is 1. The van der Waals surface area contributed by atoms with Crippen LogP contribution in [0.3, 0.4) is 0 Å². The number of hydrogen-bond donors (Lipinski definition) is 1. The van der Waals surface area contributed by atoms with Crippen molar-refractivity contribution in [1.82, 2.24) is 4.90 Å². The molecule has 28 heavy (non-hydrogen) atoms. The molecule has 3 rings (SSSR count). The van der Waals surface area contributed by atoms with Gasteiger partial charge in [-0.2, -0.15) is 0 Å². The van der Waals surface area contributed by atoms with Crippen molar-refractivity contribution in [3.63, 3.8) is 0 Å². The maximum Gasteiger partial charge on any atom is 0.253 e. The predicted molar refractivity (Wildman–Crippen MR) is 109 cm³/mol. The number of halogens is 1. The number of carbonyl (C=O) groups is 2. The van der Waals surface area contributed by atoms with E-state index in [0.29, 0.717) is 22.9 Å². The summed E-state index contributed by atoms with van der Waals surface area (Å²) in [5.74, 6) is -0.653. The molecule has 146 valence electrons. The normalized spacial score (nSPS) is 14.8. The molecular weight excluding hydrogens is 355 g/mol. The summed E-state index contributed by atoms with van der Waals surface area (Å²) in [5, 5.41) is 2.74. The molecule has 2 amide bonds. The fraction of sp³-hybridized carbons (Fsp3) is 0.304. The summed E-state index contributed by atoms with van der Waals surface area (Å²) < 4.78 is 13.2. The third kappa shape index (κ3) is 5.28. The molecule has 1 N–H and O–H groups in total. The van der Waals surface area contributed by atoms with E-state index in [0.717, 1.165) is 12.8 Å². The fourth-order valence-electron chi connectivity index (χ4n) is 3.50. The van der Waals surface area contributed by atoms with Crippen LogP contribution in [0.1, 0.15) is 48.0 Å². The van der Waals surface area contributed by atoms with Gasteiger partial charge in [0.1, 0.15) is 5.82 Å². The largest absolute Gasteiger partial charge is 0.339 e. The lowest BCUT2D eigenvalue weighted by Gasteiger charge is -2.31. The molecule has 1 aliphatic carbocycles. The van der Waals surface area contributed by atoms with E-state index in [2.05, 4.69) is 5.32 Å². The van der Waals surface area contributed by atoms with Crippen LogP contribution in [0.5, 0.6) is 0 Å². The first kappa shape index (κ1) is 19.8.